The van der Waals surface area contributed by atoms with Gasteiger partial charge in [0.05, 0.1) is 0 Å². The number of nitrogens with one attached hydrogen (secondary N) is 1. The number of ether oxygens (including phenoxy) is 2. The van der Waals surface area contributed by atoms with Crippen LogP contribution in [0.4, 0.5) is 4.79 Å². The van der Waals surface area contributed by atoms with Crippen LogP contribution < -0.4 is 5.32 Å². The van der Waals surface area contributed by atoms with Gasteiger partial charge in [-0.2, -0.15) is 0 Å². The Labute approximate surface area is 92.4 Å². The van der Waals surface area contributed by atoms with Crippen LogP contribution in [0.5, 0.6) is 0 Å². The minimum absolute atomic E-state index is 0.0821. The third-order valence-corrected chi connectivity index (χ3v) is 2.73. The highest BCUT2D eigenvalue weighted by molar-refractivity contribution is 6.22. The minimum Gasteiger partial charge on any atom is -0.458 e. The Morgan fingerprint density at radius 1 is 1.87 bits per heavy atom. The molecule has 0 spiro atoms. The molecule has 1 fully saturated rings. The highest BCUT2D eigenvalue weighted by Crippen LogP contribution is 2.29. The first-order chi connectivity index (χ1) is 7.04. The van der Waals surface area contributed by atoms with Gasteiger partial charge in [-0.3, -0.25) is 0 Å². The maximum atomic E-state index is 11.0. The lowest BCUT2D eigenvalue weighted by Gasteiger charge is -2.26. The first-order valence-electron chi connectivity index (χ1n) is 4.47. The lowest BCUT2D eigenvalue weighted by molar-refractivity contribution is -0.144. The number of halogens is 1. The van der Waals surface area contributed by atoms with E-state index in [0.29, 0.717) is 6.42 Å². The summed E-state index contributed by atoms with van der Waals surface area (Å²) < 4.78 is 9.84. The van der Waals surface area contributed by atoms with E-state index in [0.717, 1.165) is 6.08 Å². The number of rotatable bonds is 4. The zero-order valence-electron chi connectivity index (χ0n) is 8.29. The van der Waals surface area contributed by atoms with Gasteiger partial charge in [-0.1, -0.05) is 25.1 Å². The van der Waals surface area contributed by atoms with Crippen LogP contribution in [0.3, 0.4) is 0 Å². The second kappa shape index (κ2) is 4.53. The smallest absolute Gasteiger partial charge is 0.409 e. The number of alkyl halides is 1. The topological polar surface area (TPSA) is 64.6 Å². The van der Waals surface area contributed by atoms with Crippen molar-refractivity contribution in [2.75, 3.05) is 6.61 Å². The molecule has 2 unspecified atom stereocenters. The fraction of sp³-hybridized carbons (Fsp3) is 0.556. The number of carbonyl (C=O) groups is 2. The molecule has 1 saturated heterocycles. The fourth-order valence-electron chi connectivity index (χ4n) is 1.21. The van der Waals surface area contributed by atoms with E-state index in [1.165, 1.54) is 0 Å². The van der Waals surface area contributed by atoms with E-state index in [4.69, 9.17) is 21.1 Å². The van der Waals surface area contributed by atoms with Crippen LogP contribution in [0.1, 0.15) is 13.3 Å². The van der Waals surface area contributed by atoms with Gasteiger partial charge in [-0.15, -0.1) is 0 Å². The summed E-state index contributed by atoms with van der Waals surface area (Å²) in [5.41, 5.74) is -1.69. The average molecular weight is 234 g/mol. The molecule has 1 amide bonds. The standard InChI is InChI=1S/C9H12ClNO4/c1-3-6(12)14-5-9(4-2)7(10)11-8(13)15-9/h3,7H,1,4-5H2,2H3,(H,11,13). The molecular weight excluding hydrogens is 222 g/mol. The monoisotopic (exact) mass is 233 g/mol. The van der Waals surface area contributed by atoms with Crippen molar-refractivity contribution in [3.8, 4) is 0 Å². The van der Waals surface area contributed by atoms with Gasteiger partial charge in [0.2, 0.25) is 0 Å². The number of alkyl carbamates (subject to hydrolysis) is 1. The van der Waals surface area contributed by atoms with Gasteiger partial charge < -0.3 is 14.8 Å². The lowest BCUT2D eigenvalue weighted by Crippen LogP contribution is -2.44. The van der Waals surface area contributed by atoms with Crippen LogP contribution >= 0.6 is 11.6 Å². The summed E-state index contributed by atoms with van der Waals surface area (Å²) in [6.07, 6.45) is 0.882. The number of cyclic esters (lactones) is 1. The van der Waals surface area contributed by atoms with Gasteiger partial charge in [0.1, 0.15) is 6.61 Å². The minimum atomic E-state index is -0.989. The van der Waals surface area contributed by atoms with E-state index in [9.17, 15) is 9.59 Å². The van der Waals surface area contributed by atoms with Crippen molar-refractivity contribution in [3.05, 3.63) is 12.7 Å². The summed E-state index contributed by atoms with van der Waals surface area (Å²) in [5.74, 6) is -0.574. The highest BCUT2D eigenvalue weighted by atomic mass is 35.5. The van der Waals surface area contributed by atoms with Gasteiger partial charge in [0.15, 0.2) is 11.1 Å². The molecule has 1 rings (SSSR count). The molecule has 1 aliphatic heterocycles. The van der Waals surface area contributed by atoms with Crippen LogP contribution in [-0.4, -0.2) is 29.8 Å². The molecule has 0 radical (unpaired) electrons. The van der Waals surface area contributed by atoms with Crippen LogP contribution in [-0.2, 0) is 14.3 Å². The Morgan fingerprint density at radius 2 is 2.53 bits per heavy atom. The molecule has 0 aromatic carbocycles. The van der Waals surface area contributed by atoms with Crippen molar-refractivity contribution < 1.29 is 19.1 Å². The quantitative estimate of drug-likeness (QED) is 0.343. The van der Waals surface area contributed by atoms with E-state index in [1.54, 1.807) is 6.92 Å². The summed E-state index contributed by atoms with van der Waals surface area (Å²) in [6, 6.07) is 0. The highest BCUT2D eigenvalue weighted by Gasteiger charge is 2.48. The number of hydrogen-bond donors (Lipinski definition) is 1. The molecule has 1 heterocycles. The van der Waals surface area contributed by atoms with Crippen molar-refractivity contribution >= 4 is 23.7 Å². The summed E-state index contributed by atoms with van der Waals surface area (Å²) in [4.78, 5) is 21.8. The van der Waals surface area contributed by atoms with E-state index in [2.05, 4.69) is 11.9 Å². The maximum absolute atomic E-state index is 11.0. The average Bonchev–Trinajstić information content (AvgIpc) is 2.50. The first-order valence-corrected chi connectivity index (χ1v) is 4.90. The Balaban J connectivity index is 2.65. The second-order valence-corrected chi connectivity index (χ2v) is 3.56. The molecule has 2 atom stereocenters. The van der Waals surface area contributed by atoms with Gasteiger partial charge in [-0.25, -0.2) is 9.59 Å². The molecule has 5 nitrogen and oxygen atoms in total. The molecular formula is C9H12ClNO4. The molecule has 0 aromatic rings. The van der Waals surface area contributed by atoms with Crippen molar-refractivity contribution in [1.29, 1.82) is 0 Å². The van der Waals surface area contributed by atoms with E-state index in [-0.39, 0.29) is 6.61 Å². The molecule has 15 heavy (non-hydrogen) atoms. The summed E-state index contributed by atoms with van der Waals surface area (Å²) in [6.45, 7) is 4.96. The third kappa shape index (κ3) is 2.41. The summed E-state index contributed by atoms with van der Waals surface area (Å²) in [5, 5.41) is 2.39. The third-order valence-electron chi connectivity index (χ3n) is 2.23. The molecule has 1 N–H and O–H groups in total. The van der Waals surface area contributed by atoms with Crippen LogP contribution in [0.2, 0.25) is 0 Å². The first kappa shape index (κ1) is 11.8. The van der Waals surface area contributed by atoms with Crippen molar-refractivity contribution in [2.24, 2.45) is 0 Å². The van der Waals surface area contributed by atoms with Gasteiger partial charge in [0.25, 0.3) is 0 Å². The predicted molar refractivity (Wildman–Crippen MR) is 53.4 cm³/mol. The van der Waals surface area contributed by atoms with E-state index >= 15 is 0 Å². The SMILES string of the molecule is C=CC(=O)OCC1(CC)OC(=O)NC1Cl. The van der Waals surface area contributed by atoms with Crippen LogP contribution in [0.25, 0.3) is 0 Å². The number of esters is 1. The zero-order chi connectivity index (χ0) is 11.5. The summed E-state index contributed by atoms with van der Waals surface area (Å²) in [7, 11) is 0. The Bertz CT molecular complexity index is 294. The molecule has 84 valence electrons. The van der Waals surface area contributed by atoms with Crippen molar-refractivity contribution in [3.63, 3.8) is 0 Å². The number of carbonyl (C=O) groups excluding carboxylic acids is 2. The molecule has 0 aliphatic carbocycles. The van der Waals surface area contributed by atoms with E-state index in [1.807, 2.05) is 0 Å². The van der Waals surface area contributed by atoms with Crippen molar-refractivity contribution in [2.45, 2.75) is 24.4 Å². The molecule has 0 bridgehead atoms. The molecule has 0 aromatic heterocycles. The maximum Gasteiger partial charge on any atom is 0.409 e. The molecule has 1 aliphatic rings. The number of amides is 1. The lowest BCUT2D eigenvalue weighted by atomic mass is 10.0. The largest absolute Gasteiger partial charge is 0.458 e. The predicted octanol–water partition coefficient (Wildman–Crippen LogP) is 1.17. The molecule has 6 heteroatoms. The van der Waals surface area contributed by atoms with Gasteiger partial charge >= 0.3 is 12.1 Å². The molecule has 0 saturated carbocycles. The Kier molecular flexibility index (Phi) is 3.57. The van der Waals surface area contributed by atoms with Gasteiger partial charge in [-0.05, 0) is 6.42 Å². The van der Waals surface area contributed by atoms with E-state index < -0.39 is 23.2 Å². The van der Waals surface area contributed by atoms with Crippen molar-refractivity contribution in [1.82, 2.24) is 5.32 Å². The summed E-state index contributed by atoms with van der Waals surface area (Å²) >= 11 is 5.88. The Hall–Kier alpha value is -1.23. The fourth-order valence-corrected chi connectivity index (χ4v) is 1.56. The van der Waals surface area contributed by atoms with Crippen LogP contribution in [0.15, 0.2) is 12.7 Å². The normalized spacial score (nSPS) is 29.2. The zero-order valence-corrected chi connectivity index (χ0v) is 9.04. The number of hydrogen-bond acceptors (Lipinski definition) is 4. The van der Waals surface area contributed by atoms with Gasteiger partial charge in [0, 0.05) is 6.08 Å². The van der Waals surface area contributed by atoms with Crippen LogP contribution in [0, 0.1) is 0 Å². The second-order valence-electron chi connectivity index (χ2n) is 3.13. The Morgan fingerprint density at radius 3 is 2.93 bits per heavy atom.